The third-order valence-electron chi connectivity index (χ3n) is 3.46. The summed E-state index contributed by atoms with van der Waals surface area (Å²) in [5.41, 5.74) is 5.35. The van der Waals surface area contributed by atoms with Gasteiger partial charge in [-0.2, -0.15) is 4.98 Å². The molecule has 1 aliphatic heterocycles. The molecule has 114 valence electrons. The van der Waals surface area contributed by atoms with Gasteiger partial charge in [0.05, 0.1) is 18.2 Å². The van der Waals surface area contributed by atoms with Crippen molar-refractivity contribution in [2.75, 3.05) is 27.2 Å². The molecule has 0 amide bonds. The first-order chi connectivity index (χ1) is 9.25. The van der Waals surface area contributed by atoms with Crippen LogP contribution in [0.4, 0.5) is 0 Å². The molecule has 2 atom stereocenters. The van der Waals surface area contributed by atoms with Gasteiger partial charge in [-0.25, -0.2) is 0 Å². The van der Waals surface area contributed by atoms with Gasteiger partial charge in [0.25, 0.3) is 0 Å². The van der Waals surface area contributed by atoms with Crippen molar-refractivity contribution in [1.29, 1.82) is 0 Å². The third-order valence-corrected chi connectivity index (χ3v) is 3.46. The highest BCUT2D eigenvalue weighted by Crippen LogP contribution is 2.21. The Bertz CT molecular complexity index is 440. The minimum Gasteiger partial charge on any atom is -0.392 e. The molecular weight excluding hydrogens is 258 g/mol. The van der Waals surface area contributed by atoms with Crippen LogP contribution in [0.15, 0.2) is 4.52 Å². The molecule has 1 aliphatic rings. The number of hydrogen-bond acceptors (Lipinski definition) is 7. The fraction of sp³-hybridized carbons (Fsp3) is 0.846. The van der Waals surface area contributed by atoms with Crippen LogP contribution in [0.3, 0.4) is 0 Å². The maximum Gasteiger partial charge on any atom is 0.240 e. The van der Waals surface area contributed by atoms with Gasteiger partial charge in [0.2, 0.25) is 5.89 Å². The lowest BCUT2D eigenvalue weighted by Crippen LogP contribution is -2.37. The van der Waals surface area contributed by atoms with Crippen LogP contribution in [0.1, 0.15) is 32.0 Å². The molecule has 3 N–H and O–H groups in total. The largest absolute Gasteiger partial charge is 0.392 e. The molecule has 0 saturated carbocycles. The molecule has 0 aliphatic carbocycles. The molecule has 1 aromatic rings. The SMILES string of the molecule is CN(C)CC1CC(O)CN1Cc1nc(C(C)(C)N)no1. The number of likely N-dealkylation sites (N-methyl/N-ethyl adjacent to an activating group) is 1. The van der Waals surface area contributed by atoms with E-state index in [0.717, 1.165) is 13.0 Å². The molecule has 0 radical (unpaired) electrons. The number of hydrogen-bond donors (Lipinski definition) is 2. The van der Waals surface area contributed by atoms with Crippen molar-refractivity contribution >= 4 is 0 Å². The lowest BCUT2D eigenvalue weighted by atomic mass is 10.1. The van der Waals surface area contributed by atoms with E-state index in [1.807, 2.05) is 27.9 Å². The summed E-state index contributed by atoms with van der Waals surface area (Å²) in [4.78, 5) is 8.65. The maximum absolute atomic E-state index is 9.85. The van der Waals surface area contributed by atoms with Gasteiger partial charge in [0.15, 0.2) is 5.82 Å². The van der Waals surface area contributed by atoms with Gasteiger partial charge in [0.1, 0.15) is 0 Å². The fourth-order valence-corrected chi connectivity index (χ4v) is 2.52. The van der Waals surface area contributed by atoms with Crippen molar-refractivity contribution in [3.63, 3.8) is 0 Å². The zero-order valence-electron chi connectivity index (χ0n) is 12.7. The van der Waals surface area contributed by atoms with Gasteiger partial charge in [-0.05, 0) is 34.4 Å². The normalized spacial score (nSPS) is 24.8. The Labute approximate surface area is 119 Å². The number of likely N-dealkylation sites (tertiary alicyclic amines) is 1. The van der Waals surface area contributed by atoms with Crippen molar-refractivity contribution < 1.29 is 9.63 Å². The number of aliphatic hydroxyl groups excluding tert-OH is 1. The Morgan fingerprint density at radius 3 is 2.75 bits per heavy atom. The first-order valence-corrected chi connectivity index (χ1v) is 6.94. The smallest absolute Gasteiger partial charge is 0.240 e. The van der Waals surface area contributed by atoms with E-state index in [0.29, 0.717) is 30.8 Å². The average molecular weight is 283 g/mol. The van der Waals surface area contributed by atoms with Gasteiger partial charge >= 0.3 is 0 Å². The Morgan fingerprint density at radius 2 is 2.20 bits per heavy atom. The fourth-order valence-electron chi connectivity index (χ4n) is 2.52. The maximum atomic E-state index is 9.85. The van der Waals surface area contributed by atoms with Gasteiger partial charge in [-0.1, -0.05) is 5.16 Å². The first-order valence-electron chi connectivity index (χ1n) is 6.94. The number of aliphatic hydroxyl groups is 1. The van der Waals surface area contributed by atoms with E-state index >= 15 is 0 Å². The number of nitrogens with zero attached hydrogens (tertiary/aromatic N) is 4. The molecule has 1 saturated heterocycles. The molecule has 0 bridgehead atoms. The van der Waals surface area contributed by atoms with E-state index in [1.165, 1.54) is 0 Å². The molecular formula is C13H25N5O2. The molecule has 7 nitrogen and oxygen atoms in total. The summed E-state index contributed by atoms with van der Waals surface area (Å²) in [6, 6.07) is 0.307. The van der Waals surface area contributed by atoms with E-state index in [9.17, 15) is 5.11 Å². The lowest BCUT2D eigenvalue weighted by molar-refractivity contribution is 0.158. The van der Waals surface area contributed by atoms with Crippen molar-refractivity contribution in [3.8, 4) is 0 Å². The Morgan fingerprint density at radius 1 is 1.50 bits per heavy atom. The van der Waals surface area contributed by atoms with Crippen LogP contribution in [0.5, 0.6) is 0 Å². The Hall–Kier alpha value is -1.02. The lowest BCUT2D eigenvalue weighted by Gasteiger charge is -2.25. The Balaban J connectivity index is 2.02. The van der Waals surface area contributed by atoms with Crippen molar-refractivity contribution in [3.05, 3.63) is 11.7 Å². The van der Waals surface area contributed by atoms with E-state index in [2.05, 4.69) is 19.9 Å². The van der Waals surface area contributed by atoms with E-state index in [1.54, 1.807) is 0 Å². The minimum absolute atomic E-state index is 0.284. The summed E-state index contributed by atoms with van der Waals surface area (Å²) in [7, 11) is 4.06. The molecule has 0 spiro atoms. The second kappa shape index (κ2) is 5.77. The number of aromatic nitrogens is 2. The second-order valence-electron chi connectivity index (χ2n) is 6.47. The molecule has 1 fully saturated rings. The predicted octanol–water partition coefficient (Wildman–Crippen LogP) is -0.240. The summed E-state index contributed by atoms with van der Waals surface area (Å²) in [5, 5.41) is 13.8. The summed E-state index contributed by atoms with van der Waals surface area (Å²) in [6.07, 6.45) is 0.495. The molecule has 2 unspecified atom stereocenters. The van der Waals surface area contributed by atoms with Crippen LogP contribution >= 0.6 is 0 Å². The molecule has 1 aromatic heterocycles. The van der Waals surface area contributed by atoms with Crippen molar-refractivity contribution in [1.82, 2.24) is 19.9 Å². The summed E-state index contributed by atoms with van der Waals surface area (Å²) in [5.74, 6) is 1.06. The molecule has 2 heterocycles. The zero-order chi connectivity index (χ0) is 14.9. The van der Waals surface area contributed by atoms with Crippen LogP contribution < -0.4 is 5.73 Å². The van der Waals surface area contributed by atoms with Gasteiger partial charge in [-0.15, -0.1) is 0 Å². The van der Waals surface area contributed by atoms with Gasteiger partial charge < -0.3 is 20.3 Å². The predicted molar refractivity (Wildman–Crippen MR) is 74.9 cm³/mol. The van der Waals surface area contributed by atoms with Crippen LogP contribution in [0.25, 0.3) is 0 Å². The third kappa shape index (κ3) is 3.76. The number of rotatable bonds is 5. The standard InChI is InChI=1S/C13H25N5O2/c1-13(2,14)12-15-11(20-16-12)8-18-7-10(19)5-9(18)6-17(3)4/h9-10,19H,5-8,14H2,1-4H3. The molecule has 0 aromatic carbocycles. The monoisotopic (exact) mass is 283 g/mol. The number of nitrogens with two attached hydrogens (primary N) is 1. The van der Waals surface area contributed by atoms with Crippen molar-refractivity contribution in [2.24, 2.45) is 5.73 Å². The highest BCUT2D eigenvalue weighted by Gasteiger charge is 2.32. The number of β-amino-alcohol motifs (C(OH)–C–C–N with tert-alkyl or cyclic N) is 1. The van der Waals surface area contributed by atoms with E-state index in [-0.39, 0.29) is 6.10 Å². The van der Waals surface area contributed by atoms with E-state index < -0.39 is 5.54 Å². The zero-order valence-corrected chi connectivity index (χ0v) is 12.7. The molecule has 20 heavy (non-hydrogen) atoms. The van der Waals surface area contributed by atoms with E-state index in [4.69, 9.17) is 10.3 Å². The molecule has 2 rings (SSSR count). The summed E-state index contributed by atoms with van der Waals surface area (Å²) < 4.78 is 5.26. The highest BCUT2D eigenvalue weighted by molar-refractivity contribution is 5.00. The average Bonchev–Trinajstić information content (AvgIpc) is 2.85. The topological polar surface area (TPSA) is 91.7 Å². The quantitative estimate of drug-likeness (QED) is 0.770. The van der Waals surface area contributed by atoms with Crippen LogP contribution in [0, 0.1) is 0 Å². The highest BCUT2D eigenvalue weighted by atomic mass is 16.5. The van der Waals surface area contributed by atoms with Crippen LogP contribution in [-0.4, -0.2) is 64.4 Å². The Kier molecular flexibility index (Phi) is 4.43. The van der Waals surface area contributed by atoms with Gasteiger partial charge in [-0.3, -0.25) is 4.90 Å². The molecule has 7 heteroatoms. The first kappa shape index (κ1) is 15.4. The van der Waals surface area contributed by atoms with Crippen LogP contribution in [-0.2, 0) is 12.1 Å². The summed E-state index contributed by atoms with van der Waals surface area (Å²) in [6.45, 7) is 5.79. The van der Waals surface area contributed by atoms with Crippen LogP contribution in [0.2, 0.25) is 0 Å². The second-order valence-corrected chi connectivity index (χ2v) is 6.47. The summed E-state index contributed by atoms with van der Waals surface area (Å²) >= 11 is 0. The van der Waals surface area contributed by atoms with Crippen molar-refractivity contribution in [2.45, 2.75) is 44.5 Å². The van der Waals surface area contributed by atoms with Gasteiger partial charge in [0, 0.05) is 19.1 Å². The minimum atomic E-state index is -0.602.